The third-order valence-electron chi connectivity index (χ3n) is 4.48. The zero-order valence-electron chi connectivity index (χ0n) is 12.4. The van der Waals surface area contributed by atoms with E-state index in [4.69, 9.17) is 9.47 Å². The van der Waals surface area contributed by atoms with E-state index in [1.807, 2.05) is 0 Å². The molecule has 2 atom stereocenters. The van der Waals surface area contributed by atoms with Crippen molar-refractivity contribution < 1.29 is 9.47 Å². The molecule has 1 saturated carbocycles. The summed E-state index contributed by atoms with van der Waals surface area (Å²) in [5.41, 5.74) is 0.254. The van der Waals surface area contributed by atoms with E-state index >= 15 is 0 Å². The Morgan fingerprint density at radius 1 is 1.32 bits per heavy atom. The second-order valence-corrected chi connectivity index (χ2v) is 7.59. The maximum absolute atomic E-state index is 6.41. The van der Waals surface area contributed by atoms with Gasteiger partial charge in [-0.15, -0.1) is 0 Å². The molecule has 112 valence electrons. The molecule has 1 saturated heterocycles. The molecule has 0 bridgehead atoms. The van der Waals surface area contributed by atoms with Crippen molar-refractivity contribution in [3.63, 3.8) is 0 Å². The Bertz CT molecular complexity index is 269. The number of hydrogen-bond donors (Lipinski definition) is 0. The van der Waals surface area contributed by atoms with Crippen LogP contribution in [-0.2, 0) is 9.47 Å². The molecule has 2 fully saturated rings. The van der Waals surface area contributed by atoms with E-state index in [1.165, 1.54) is 44.9 Å². The van der Waals surface area contributed by atoms with Crippen molar-refractivity contribution in [1.29, 1.82) is 0 Å². The summed E-state index contributed by atoms with van der Waals surface area (Å²) in [6.07, 6.45) is 9.65. The summed E-state index contributed by atoms with van der Waals surface area (Å²) in [7, 11) is 3.93. The fraction of sp³-hybridized carbons (Fsp3) is 1.00. The van der Waals surface area contributed by atoms with Crippen LogP contribution in [0.1, 0.15) is 44.9 Å². The van der Waals surface area contributed by atoms with Crippen LogP contribution in [0.15, 0.2) is 0 Å². The summed E-state index contributed by atoms with van der Waals surface area (Å²) < 4.78 is 11.6. The number of likely N-dealkylation sites (N-methyl/N-ethyl adjacent to an activating group) is 1. The van der Waals surface area contributed by atoms with Gasteiger partial charge in [-0.25, -0.2) is 0 Å². The Morgan fingerprint density at radius 3 is 2.74 bits per heavy atom. The molecule has 0 aromatic heterocycles. The number of alkyl halides is 1. The van der Waals surface area contributed by atoms with Crippen LogP contribution in [0.5, 0.6) is 0 Å². The van der Waals surface area contributed by atoms with Crippen molar-refractivity contribution in [3.8, 4) is 0 Å². The first kappa shape index (κ1) is 15.7. The van der Waals surface area contributed by atoms with E-state index in [0.717, 1.165) is 19.7 Å². The van der Waals surface area contributed by atoms with Gasteiger partial charge in [-0.3, -0.25) is 0 Å². The number of ether oxygens (including phenoxy) is 2. The number of rotatable bonds is 6. The fourth-order valence-electron chi connectivity index (χ4n) is 3.58. The predicted octanol–water partition coefficient (Wildman–Crippen LogP) is 3.21. The van der Waals surface area contributed by atoms with Crippen LogP contribution in [0.25, 0.3) is 0 Å². The van der Waals surface area contributed by atoms with Gasteiger partial charge in [0.05, 0.1) is 23.1 Å². The van der Waals surface area contributed by atoms with Gasteiger partial charge in [-0.05, 0) is 32.7 Å². The summed E-state index contributed by atoms with van der Waals surface area (Å²) in [5, 5.41) is 0. The van der Waals surface area contributed by atoms with Gasteiger partial charge >= 0.3 is 0 Å². The Labute approximate surface area is 126 Å². The molecule has 0 N–H and O–H groups in total. The Balaban J connectivity index is 1.72. The van der Waals surface area contributed by atoms with Crippen LogP contribution in [0, 0.1) is 0 Å². The van der Waals surface area contributed by atoms with Gasteiger partial charge in [-0.2, -0.15) is 0 Å². The standard InChI is InChI=1S/C15H28BrNO2/c1-17(10-13(16)12-18-2)11-14-6-9-15(19-14)7-4-3-5-8-15/h13-14H,3-12H2,1-2H3. The minimum Gasteiger partial charge on any atom is -0.383 e. The molecule has 1 spiro atoms. The second kappa shape index (κ2) is 7.39. The summed E-state index contributed by atoms with van der Waals surface area (Å²) in [6, 6.07) is 0. The van der Waals surface area contributed by atoms with E-state index in [9.17, 15) is 0 Å². The van der Waals surface area contributed by atoms with E-state index in [-0.39, 0.29) is 5.60 Å². The van der Waals surface area contributed by atoms with Gasteiger partial charge < -0.3 is 14.4 Å². The van der Waals surface area contributed by atoms with Gasteiger partial charge in [0.1, 0.15) is 0 Å². The van der Waals surface area contributed by atoms with Crippen LogP contribution in [0.2, 0.25) is 0 Å². The molecular weight excluding hydrogens is 306 g/mol. The molecule has 0 amide bonds. The van der Waals surface area contributed by atoms with E-state index in [2.05, 4.69) is 27.9 Å². The molecule has 2 unspecified atom stereocenters. The highest BCUT2D eigenvalue weighted by atomic mass is 79.9. The van der Waals surface area contributed by atoms with Gasteiger partial charge in [0.2, 0.25) is 0 Å². The summed E-state index contributed by atoms with van der Waals surface area (Å²) in [5.74, 6) is 0. The van der Waals surface area contributed by atoms with Crippen molar-refractivity contribution in [2.75, 3.05) is 33.9 Å². The van der Waals surface area contributed by atoms with E-state index in [0.29, 0.717) is 10.9 Å². The molecule has 1 aliphatic heterocycles. The first-order chi connectivity index (χ1) is 9.13. The molecule has 2 aliphatic rings. The van der Waals surface area contributed by atoms with Crippen molar-refractivity contribution in [2.24, 2.45) is 0 Å². The molecule has 2 rings (SSSR count). The average molecular weight is 334 g/mol. The van der Waals surface area contributed by atoms with Crippen LogP contribution >= 0.6 is 15.9 Å². The van der Waals surface area contributed by atoms with Crippen LogP contribution in [0.3, 0.4) is 0 Å². The maximum Gasteiger partial charge on any atom is 0.0710 e. The van der Waals surface area contributed by atoms with Gasteiger partial charge in [0.15, 0.2) is 0 Å². The summed E-state index contributed by atoms with van der Waals surface area (Å²) >= 11 is 3.65. The molecule has 0 aromatic carbocycles. The van der Waals surface area contributed by atoms with Crippen molar-refractivity contribution in [2.45, 2.75) is 61.5 Å². The highest BCUT2D eigenvalue weighted by molar-refractivity contribution is 9.09. The van der Waals surface area contributed by atoms with Gasteiger partial charge in [0.25, 0.3) is 0 Å². The largest absolute Gasteiger partial charge is 0.383 e. The van der Waals surface area contributed by atoms with E-state index < -0.39 is 0 Å². The van der Waals surface area contributed by atoms with Crippen molar-refractivity contribution in [1.82, 2.24) is 4.90 Å². The molecule has 0 radical (unpaired) electrons. The lowest BCUT2D eigenvalue weighted by Crippen LogP contribution is -2.37. The number of nitrogens with zero attached hydrogens (tertiary/aromatic N) is 1. The quantitative estimate of drug-likeness (QED) is 0.696. The SMILES string of the molecule is COCC(Br)CN(C)CC1CCC2(CCCCC2)O1. The summed E-state index contributed by atoms with van der Waals surface area (Å²) in [4.78, 5) is 2.78. The minimum atomic E-state index is 0.254. The monoisotopic (exact) mass is 333 g/mol. The topological polar surface area (TPSA) is 21.7 Å². The lowest BCUT2D eigenvalue weighted by atomic mass is 9.83. The molecule has 1 aliphatic carbocycles. The summed E-state index contributed by atoms with van der Waals surface area (Å²) in [6.45, 7) is 2.83. The van der Waals surface area contributed by atoms with Crippen molar-refractivity contribution in [3.05, 3.63) is 0 Å². The van der Waals surface area contributed by atoms with Crippen molar-refractivity contribution >= 4 is 15.9 Å². The normalized spacial score (nSPS) is 28.1. The lowest BCUT2D eigenvalue weighted by molar-refractivity contribution is -0.0702. The molecular formula is C15H28BrNO2. The van der Waals surface area contributed by atoms with Gasteiger partial charge in [0, 0.05) is 20.2 Å². The van der Waals surface area contributed by atoms with Crippen LogP contribution < -0.4 is 0 Å². The minimum absolute atomic E-state index is 0.254. The first-order valence-corrected chi connectivity index (χ1v) is 8.54. The molecule has 19 heavy (non-hydrogen) atoms. The maximum atomic E-state index is 6.41. The predicted molar refractivity (Wildman–Crippen MR) is 82.0 cm³/mol. The Kier molecular flexibility index (Phi) is 6.12. The van der Waals surface area contributed by atoms with Crippen LogP contribution in [-0.4, -0.2) is 55.3 Å². The zero-order valence-corrected chi connectivity index (χ0v) is 14.0. The lowest BCUT2D eigenvalue weighted by Gasteiger charge is -2.34. The Morgan fingerprint density at radius 2 is 2.05 bits per heavy atom. The third-order valence-corrected chi connectivity index (χ3v) is 5.03. The zero-order chi connectivity index (χ0) is 13.7. The smallest absolute Gasteiger partial charge is 0.0710 e. The Hall–Kier alpha value is 0.360. The number of hydrogen-bond acceptors (Lipinski definition) is 3. The van der Waals surface area contributed by atoms with Gasteiger partial charge in [-0.1, -0.05) is 35.2 Å². The average Bonchev–Trinajstić information content (AvgIpc) is 2.73. The molecule has 4 heteroatoms. The number of halogens is 1. The van der Waals surface area contributed by atoms with E-state index in [1.54, 1.807) is 7.11 Å². The highest BCUT2D eigenvalue weighted by Gasteiger charge is 2.40. The molecule has 3 nitrogen and oxygen atoms in total. The molecule has 1 heterocycles. The number of methoxy groups -OCH3 is 1. The fourth-order valence-corrected chi connectivity index (χ4v) is 4.34. The first-order valence-electron chi connectivity index (χ1n) is 7.63. The molecule has 0 aromatic rings. The third kappa shape index (κ3) is 4.69. The highest BCUT2D eigenvalue weighted by Crippen LogP contribution is 2.41. The van der Waals surface area contributed by atoms with Crippen LogP contribution in [0.4, 0.5) is 0 Å². The second-order valence-electron chi connectivity index (χ2n) is 6.30.